The molecule has 0 saturated heterocycles. The predicted octanol–water partition coefficient (Wildman–Crippen LogP) is 2.91. The van der Waals surface area contributed by atoms with E-state index in [1.54, 1.807) is 6.92 Å². The van der Waals surface area contributed by atoms with Crippen molar-refractivity contribution in [3.8, 4) is 5.75 Å². The maximum Gasteiger partial charge on any atom is 0.421 e. The number of benzene rings is 1. The summed E-state index contributed by atoms with van der Waals surface area (Å²) < 4.78 is 44.3. The molecule has 19 heavy (non-hydrogen) atoms. The molecule has 3 N–H and O–H groups in total. The Morgan fingerprint density at radius 1 is 1.42 bits per heavy atom. The van der Waals surface area contributed by atoms with Crippen molar-refractivity contribution in [3.63, 3.8) is 0 Å². The van der Waals surface area contributed by atoms with Gasteiger partial charge in [-0.05, 0) is 18.6 Å². The number of anilines is 1. The number of halogens is 3. The standard InChI is InChI=1S/C13H16F3NO2/c1-4-5-12(18,13(14,15)16)9-6-8(2)10(17)7-11(9)19-3/h4,6-7,18H,1,5,17H2,2-3H3. The van der Waals surface area contributed by atoms with E-state index in [2.05, 4.69) is 6.58 Å². The second kappa shape index (κ2) is 5.13. The molecule has 1 rings (SSSR count). The van der Waals surface area contributed by atoms with Gasteiger partial charge in [-0.2, -0.15) is 13.2 Å². The van der Waals surface area contributed by atoms with Gasteiger partial charge in [-0.3, -0.25) is 0 Å². The highest BCUT2D eigenvalue weighted by Gasteiger charge is 2.55. The summed E-state index contributed by atoms with van der Waals surface area (Å²) in [5, 5.41) is 10.0. The molecule has 0 saturated carbocycles. The number of ether oxygens (including phenoxy) is 1. The van der Waals surface area contributed by atoms with Gasteiger partial charge in [0.1, 0.15) is 5.75 Å². The Kier molecular flexibility index (Phi) is 4.15. The van der Waals surface area contributed by atoms with Crippen molar-refractivity contribution in [2.45, 2.75) is 25.1 Å². The Labute approximate surface area is 109 Å². The monoisotopic (exact) mass is 275 g/mol. The van der Waals surface area contributed by atoms with E-state index >= 15 is 0 Å². The van der Waals surface area contributed by atoms with E-state index in [1.807, 2.05) is 0 Å². The van der Waals surface area contributed by atoms with Gasteiger partial charge in [0.25, 0.3) is 0 Å². The molecular weight excluding hydrogens is 259 g/mol. The number of nitrogens with two attached hydrogens (primary N) is 1. The van der Waals surface area contributed by atoms with E-state index in [1.165, 1.54) is 19.2 Å². The van der Waals surface area contributed by atoms with Gasteiger partial charge in [-0.15, -0.1) is 6.58 Å². The van der Waals surface area contributed by atoms with E-state index in [9.17, 15) is 18.3 Å². The van der Waals surface area contributed by atoms with Gasteiger partial charge < -0.3 is 15.6 Å². The third kappa shape index (κ3) is 2.68. The molecule has 0 aliphatic rings. The maximum absolute atomic E-state index is 13.1. The molecule has 0 heterocycles. The van der Waals surface area contributed by atoms with E-state index in [-0.39, 0.29) is 11.3 Å². The summed E-state index contributed by atoms with van der Waals surface area (Å²) in [5.74, 6) is -0.107. The first kappa shape index (κ1) is 15.4. The maximum atomic E-state index is 13.1. The molecule has 0 radical (unpaired) electrons. The molecule has 1 aromatic carbocycles. The number of hydrogen-bond acceptors (Lipinski definition) is 3. The lowest BCUT2D eigenvalue weighted by Crippen LogP contribution is -2.42. The van der Waals surface area contributed by atoms with E-state index in [4.69, 9.17) is 10.5 Å². The minimum atomic E-state index is -4.85. The van der Waals surface area contributed by atoms with Crippen molar-refractivity contribution in [1.82, 2.24) is 0 Å². The normalized spacial score (nSPS) is 14.8. The SMILES string of the molecule is C=CCC(O)(c1cc(C)c(N)cc1OC)C(F)(F)F. The molecule has 106 valence electrons. The Bertz CT molecular complexity index is 486. The summed E-state index contributed by atoms with van der Waals surface area (Å²) in [6.07, 6.45) is -4.51. The van der Waals surface area contributed by atoms with Crippen LogP contribution in [-0.4, -0.2) is 18.4 Å². The third-order valence-corrected chi connectivity index (χ3v) is 2.94. The molecule has 0 bridgehead atoms. The number of rotatable bonds is 4. The molecule has 0 fully saturated rings. The molecule has 1 atom stereocenters. The minimum absolute atomic E-state index is 0.107. The summed E-state index contributed by atoms with van der Waals surface area (Å²) >= 11 is 0. The van der Waals surface area contributed by atoms with Crippen LogP contribution in [0.1, 0.15) is 17.5 Å². The van der Waals surface area contributed by atoms with Crippen LogP contribution in [0.15, 0.2) is 24.8 Å². The first-order valence-electron chi connectivity index (χ1n) is 5.52. The van der Waals surface area contributed by atoms with Crippen LogP contribution in [-0.2, 0) is 5.60 Å². The Morgan fingerprint density at radius 2 is 2.00 bits per heavy atom. The van der Waals surface area contributed by atoms with Crippen molar-refractivity contribution in [2.24, 2.45) is 0 Å². The van der Waals surface area contributed by atoms with Gasteiger partial charge in [0.15, 0.2) is 5.60 Å². The van der Waals surface area contributed by atoms with Crippen molar-refractivity contribution in [3.05, 3.63) is 35.9 Å². The number of aliphatic hydroxyl groups is 1. The molecule has 0 amide bonds. The first-order valence-corrected chi connectivity index (χ1v) is 5.52. The van der Waals surface area contributed by atoms with E-state index < -0.39 is 18.2 Å². The Morgan fingerprint density at radius 3 is 2.42 bits per heavy atom. The molecule has 1 unspecified atom stereocenters. The highest BCUT2D eigenvalue weighted by Crippen LogP contribution is 2.46. The highest BCUT2D eigenvalue weighted by molar-refractivity contribution is 5.56. The summed E-state index contributed by atoms with van der Waals surface area (Å²) in [6.45, 7) is 4.81. The average molecular weight is 275 g/mol. The molecule has 0 aromatic heterocycles. The third-order valence-electron chi connectivity index (χ3n) is 2.94. The lowest BCUT2D eigenvalue weighted by Gasteiger charge is -2.31. The predicted molar refractivity (Wildman–Crippen MR) is 66.9 cm³/mol. The highest BCUT2D eigenvalue weighted by atomic mass is 19.4. The number of methoxy groups -OCH3 is 1. The zero-order valence-corrected chi connectivity index (χ0v) is 10.7. The Hall–Kier alpha value is -1.69. The smallest absolute Gasteiger partial charge is 0.421 e. The second-order valence-electron chi connectivity index (χ2n) is 4.26. The zero-order valence-electron chi connectivity index (χ0n) is 10.7. The molecular formula is C13H16F3NO2. The number of nitrogen functional groups attached to an aromatic ring is 1. The van der Waals surface area contributed by atoms with Crippen LogP contribution in [0.2, 0.25) is 0 Å². The molecule has 0 aliphatic carbocycles. The van der Waals surface area contributed by atoms with Crippen molar-refractivity contribution >= 4 is 5.69 Å². The van der Waals surface area contributed by atoms with Gasteiger partial charge in [0.2, 0.25) is 0 Å². The Balaban J connectivity index is 3.55. The van der Waals surface area contributed by atoms with Crippen LogP contribution in [0, 0.1) is 6.92 Å². The topological polar surface area (TPSA) is 55.5 Å². The van der Waals surface area contributed by atoms with Crippen molar-refractivity contribution < 1.29 is 23.0 Å². The minimum Gasteiger partial charge on any atom is -0.496 e. The molecule has 1 aromatic rings. The fourth-order valence-electron chi connectivity index (χ4n) is 1.78. The van der Waals surface area contributed by atoms with Crippen LogP contribution in [0.3, 0.4) is 0 Å². The lowest BCUT2D eigenvalue weighted by molar-refractivity contribution is -0.265. The van der Waals surface area contributed by atoms with Crippen LogP contribution in [0.25, 0.3) is 0 Å². The van der Waals surface area contributed by atoms with Gasteiger partial charge in [-0.25, -0.2) is 0 Å². The van der Waals surface area contributed by atoms with Gasteiger partial charge in [0, 0.05) is 23.7 Å². The summed E-state index contributed by atoms with van der Waals surface area (Å²) in [5.41, 5.74) is 2.95. The van der Waals surface area contributed by atoms with Gasteiger partial charge in [0.05, 0.1) is 7.11 Å². The second-order valence-corrected chi connectivity index (χ2v) is 4.26. The van der Waals surface area contributed by atoms with Gasteiger partial charge >= 0.3 is 6.18 Å². The molecule has 0 aliphatic heterocycles. The van der Waals surface area contributed by atoms with Crippen LogP contribution in [0.4, 0.5) is 18.9 Å². The van der Waals surface area contributed by atoms with Crippen molar-refractivity contribution in [2.75, 3.05) is 12.8 Å². The quantitative estimate of drug-likeness (QED) is 0.656. The number of aryl methyl sites for hydroxylation is 1. The molecule has 0 spiro atoms. The summed E-state index contributed by atoms with van der Waals surface area (Å²) in [4.78, 5) is 0. The fourth-order valence-corrected chi connectivity index (χ4v) is 1.78. The van der Waals surface area contributed by atoms with Crippen LogP contribution < -0.4 is 10.5 Å². The largest absolute Gasteiger partial charge is 0.496 e. The first-order chi connectivity index (χ1) is 8.67. The number of alkyl halides is 3. The van der Waals surface area contributed by atoms with E-state index in [0.717, 1.165) is 6.08 Å². The van der Waals surface area contributed by atoms with Crippen LogP contribution in [0.5, 0.6) is 5.75 Å². The van der Waals surface area contributed by atoms with Crippen LogP contribution >= 0.6 is 0 Å². The molecule has 6 heteroatoms. The average Bonchev–Trinajstić information content (AvgIpc) is 2.30. The zero-order chi connectivity index (χ0) is 14.8. The van der Waals surface area contributed by atoms with E-state index in [0.29, 0.717) is 11.3 Å². The summed E-state index contributed by atoms with van der Waals surface area (Å²) in [6, 6.07) is 2.45. The summed E-state index contributed by atoms with van der Waals surface area (Å²) in [7, 11) is 1.22. The lowest BCUT2D eigenvalue weighted by atomic mass is 9.87. The number of hydrogen-bond donors (Lipinski definition) is 2. The molecule has 3 nitrogen and oxygen atoms in total. The van der Waals surface area contributed by atoms with Crippen molar-refractivity contribution in [1.29, 1.82) is 0 Å². The van der Waals surface area contributed by atoms with Gasteiger partial charge in [-0.1, -0.05) is 6.08 Å². The fraction of sp³-hybridized carbons (Fsp3) is 0.385.